The summed E-state index contributed by atoms with van der Waals surface area (Å²) in [6, 6.07) is 3.69. The fourth-order valence-corrected chi connectivity index (χ4v) is 1.77. The topological polar surface area (TPSA) is 88.0 Å². The van der Waals surface area contributed by atoms with Gasteiger partial charge >= 0.3 is 5.97 Å². The van der Waals surface area contributed by atoms with E-state index in [2.05, 4.69) is 5.32 Å². The van der Waals surface area contributed by atoms with E-state index in [-0.39, 0.29) is 6.54 Å². The number of carbonyl (C=O) groups is 1. The van der Waals surface area contributed by atoms with E-state index in [0.717, 1.165) is 5.56 Å². The van der Waals surface area contributed by atoms with Crippen LogP contribution in [0.25, 0.3) is 0 Å². The molecule has 0 aliphatic rings. The van der Waals surface area contributed by atoms with Crippen LogP contribution in [0, 0.1) is 6.92 Å². The minimum Gasteiger partial charge on any atom is -0.496 e. The summed E-state index contributed by atoms with van der Waals surface area (Å²) < 4.78 is 10.6. The second-order valence-electron chi connectivity index (χ2n) is 4.80. The molecule has 0 fully saturated rings. The van der Waals surface area contributed by atoms with E-state index in [9.17, 15) is 9.90 Å². The molecule has 6 nitrogen and oxygen atoms in total. The van der Waals surface area contributed by atoms with Gasteiger partial charge in [0.1, 0.15) is 17.0 Å². The van der Waals surface area contributed by atoms with E-state index in [0.29, 0.717) is 17.1 Å². The molecule has 1 atom stereocenters. The quantitative estimate of drug-likeness (QED) is 0.690. The van der Waals surface area contributed by atoms with Gasteiger partial charge in [0.15, 0.2) is 0 Å². The normalized spacial score (nSPS) is 13.7. The lowest BCUT2D eigenvalue weighted by atomic mass is 10.0. The maximum atomic E-state index is 11.2. The van der Waals surface area contributed by atoms with Gasteiger partial charge in [0.05, 0.1) is 20.8 Å². The molecule has 112 valence electrons. The summed E-state index contributed by atoms with van der Waals surface area (Å²) in [7, 11) is 3.08. The minimum atomic E-state index is -1.42. The van der Waals surface area contributed by atoms with E-state index in [1.807, 2.05) is 19.1 Å². The van der Waals surface area contributed by atoms with Gasteiger partial charge in [-0.2, -0.15) is 0 Å². The Kier molecular flexibility index (Phi) is 5.35. The van der Waals surface area contributed by atoms with Crippen LogP contribution in [-0.2, 0) is 11.3 Å². The molecule has 0 aliphatic carbocycles. The van der Waals surface area contributed by atoms with Crippen LogP contribution in [0.1, 0.15) is 18.1 Å². The van der Waals surface area contributed by atoms with Crippen LogP contribution in [0.5, 0.6) is 11.5 Å². The van der Waals surface area contributed by atoms with Crippen LogP contribution < -0.4 is 14.8 Å². The Labute approximate surface area is 118 Å². The lowest BCUT2D eigenvalue weighted by Crippen LogP contribution is -2.52. The monoisotopic (exact) mass is 283 g/mol. The second kappa shape index (κ2) is 6.58. The molecule has 0 saturated heterocycles. The van der Waals surface area contributed by atoms with Crippen molar-refractivity contribution in [2.75, 3.05) is 20.8 Å². The first kappa shape index (κ1) is 16.3. The number of rotatable bonds is 7. The number of benzene rings is 1. The molecular weight excluding hydrogens is 262 g/mol. The van der Waals surface area contributed by atoms with Gasteiger partial charge in [-0.15, -0.1) is 0 Å². The average molecular weight is 283 g/mol. The van der Waals surface area contributed by atoms with Gasteiger partial charge in [0.2, 0.25) is 0 Å². The highest BCUT2D eigenvalue weighted by atomic mass is 16.5. The standard InChI is InChI=1S/C14H21NO5/c1-9-5-11(19-3)10(12(6-9)20-4)7-15-14(2,8-16)13(17)18/h5-6,15-16H,7-8H2,1-4H3,(H,17,18)/t14-/m1/s1. The molecule has 1 aromatic carbocycles. The van der Waals surface area contributed by atoms with Gasteiger partial charge in [-0.25, -0.2) is 0 Å². The minimum absolute atomic E-state index is 0.204. The number of aryl methyl sites for hydroxylation is 1. The summed E-state index contributed by atoms with van der Waals surface area (Å²) in [5, 5.41) is 21.2. The molecule has 0 amide bonds. The molecule has 3 N–H and O–H groups in total. The third kappa shape index (κ3) is 3.40. The molecule has 0 unspecified atom stereocenters. The molecule has 1 aromatic rings. The molecular formula is C14H21NO5. The smallest absolute Gasteiger partial charge is 0.326 e. The molecule has 0 saturated carbocycles. The van der Waals surface area contributed by atoms with E-state index < -0.39 is 18.1 Å². The van der Waals surface area contributed by atoms with Gasteiger partial charge < -0.3 is 19.7 Å². The molecule has 0 aliphatic heterocycles. The lowest BCUT2D eigenvalue weighted by molar-refractivity contribution is -0.145. The van der Waals surface area contributed by atoms with Crippen molar-refractivity contribution in [2.24, 2.45) is 0 Å². The summed E-state index contributed by atoms with van der Waals surface area (Å²) in [6.07, 6.45) is 0. The third-order valence-corrected chi connectivity index (χ3v) is 3.20. The fourth-order valence-electron chi connectivity index (χ4n) is 1.77. The Balaban J connectivity index is 3.05. The van der Waals surface area contributed by atoms with Crippen LogP contribution in [0.4, 0.5) is 0 Å². The second-order valence-corrected chi connectivity index (χ2v) is 4.80. The molecule has 6 heteroatoms. The fraction of sp³-hybridized carbons (Fsp3) is 0.500. The predicted octanol–water partition coefficient (Wildman–Crippen LogP) is 0.937. The molecule has 0 heterocycles. The Hall–Kier alpha value is -1.79. The average Bonchev–Trinajstić information content (AvgIpc) is 2.44. The summed E-state index contributed by atoms with van der Waals surface area (Å²) in [4.78, 5) is 11.2. The van der Waals surface area contributed by atoms with Crippen LogP contribution in [-0.4, -0.2) is 42.5 Å². The van der Waals surface area contributed by atoms with Crippen LogP contribution in [0.15, 0.2) is 12.1 Å². The first-order valence-electron chi connectivity index (χ1n) is 6.18. The molecule has 20 heavy (non-hydrogen) atoms. The summed E-state index contributed by atoms with van der Waals surface area (Å²) in [5.41, 5.74) is 0.271. The van der Waals surface area contributed by atoms with Crippen molar-refractivity contribution in [2.45, 2.75) is 25.9 Å². The van der Waals surface area contributed by atoms with Crippen molar-refractivity contribution in [3.63, 3.8) is 0 Å². The summed E-state index contributed by atoms with van der Waals surface area (Å²) >= 11 is 0. The molecule has 0 aromatic heterocycles. The Morgan fingerprint density at radius 1 is 1.30 bits per heavy atom. The number of hydrogen-bond donors (Lipinski definition) is 3. The number of nitrogens with one attached hydrogen (secondary N) is 1. The van der Waals surface area contributed by atoms with Crippen molar-refractivity contribution in [1.29, 1.82) is 0 Å². The van der Waals surface area contributed by atoms with E-state index in [4.69, 9.17) is 14.6 Å². The van der Waals surface area contributed by atoms with Crippen LogP contribution in [0.2, 0.25) is 0 Å². The highest BCUT2D eigenvalue weighted by Gasteiger charge is 2.32. The number of aliphatic carboxylic acids is 1. The number of methoxy groups -OCH3 is 2. The molecule has 1 rings (SSSR count). The van der Waals surface area contributed by atoms with E-state index in [1.54, 1.807) is 14.2 Å². The summed E-state index contributed by atoms with van der Waals surface area (Å²) in [5.74, 6) is 0.102. The zero-order valence-corrected chi connectivity index (χ0v) is 12.2. The van der Waals surface area contributed by atoms with Crippen molar-refractivity contribution in [1.82, 2.24) is 5.32 Å². The summed E-state index contributed by atoms with van der Waals surface area (Å²) in [6.45, 7) is 3.02. The van der Waals surface area contributed by atoms with Crippen LogP contribution in [0.3, 0.4) is 0 Å². The number of carboxylic acid groups (broad SMARTS) is 1. The van der Waals surface area contributed by atoms with Crippen molar-refractivity contribution in [3.8, 4) is 11.5 Å². The number of ether oxygens (including phenoxy) is 2. The van der Waals surface area contributed by atoms with Gasteiger partial charge in [-0.1, -0.05) is 0 Å². The zero-order chi connectivity index (χ0) is 15.3. The predicted molar refractivity (Wildman–Crippen MR) is 74.2 cm³/mol. The van der Waals surface area contributed by atoms with Gasteiger partial charge in [-0.05, 0) is 31.5 Å². The SMILES string of the molecule is COc1cc(C)cc(OC)c1CN[C@](C)(CO)C(=O)O. The maximum Gasteiger partial charge on any atom is 0.326 e. The number of carboxylic acids is 1. The van der Waals surface area contributed by atoms with Crippen molar-refractivity contribution in [3.05, 3.63) is 23.3 Å². The van der Waals surface area contributed by atoms with Crippen LogP contribution >= 0.6 is 0 Å². The Morgan fingerprint density at radius 3 is 2.15 bits per heavy atom. The van der Waals surface area contributed by atoms with Gasteiger partial charge in [-0.3, -0.25) is 10.1 Å². The lowest BCUT2D eigenvalue weighted by Gasteiger charge is -2.25. The van der Waals surface area contributed by atoms with E-state index >= 15 is 0 Å². The molecule has 0 radical (unpaired) electrons. The van der Waals surface area contributed by atoms with Gasteiger partial charge in [0, 0.05) is 12.1 Å². The first-order valence-corrected chi connectivity index (χ1v) is 6.18. The molecule has 0 bridgehead atoms. The molecule has 0 spiro atoms. The van der Waals surface area contributed by atoms with Crippen molar-refractivity contribution < 1.29 is 24.5 Å². The zero-order valence-electron chi connectivity index (χ0n) is 12.2. The highest BCUT2D eigenvalue weighted by molar-refractivity contribution is 5.78. The van der Waals surface area contributed by atoms with E-state index in [1.165, 1.54) is 6.92 Å². The Bertz CT molecular complexity index is 463. The highest BCUT2D eigenvalue weighted by Crippen LogP contribution is 2.30. The van der Waals surface area contributed by atoms with Crippen molar-refractivity contribution >= 4 is 5.97 Å². The number of aliphatic hydroxyl groups is 1. The number of hydrogen-bond acceptors (Lipinski definition) is 5. The first-order chi connectivity index (χ1) is 9.37. The van der Waals surface area contributed by atoms with Gasteiger partial charge in [0.25, 0.3) is 0 Å². The largest absolute Gasteiger partial charge is 0.496 e. The number of aliphatic hydroxyl groups excluding tert-OH is 1. The maximum absolute atomic E-state index is 11.2. The Morgan fingerprint density at radius 2 is 1.80 bits per heavy atom. The third-order valence-electron chi connectivity index (χ3n) is 3.20.